The molecule has 1 aromatic carbocycles. The van der Waals surface area contributed by atoms with Crippen LogP contribution in [-0.4, -0.2) is 27.6 Å². The number of carbonyl (C=O) groups is 1. The molecular weight excluding hydrogens is 254 g/mol. The molecule has 0 aliphatic rings. The zero-order valence-corrected chi connectivity index (χ0v) is 10.9. The van der Waals surface area contributed by atoms with E-state index in [1.807, 2.05) is 6.92 Å². The second-order valence-corrected chi connectivity index (χ2v) is 3.96. The van der Waals surface area contributed by atoms with Crippen molar-refractivity contribution in [1.82, 2.24) is 15.2 Å². The molecule has 3 N–H and O–H groups in total. The van der Waals surface area contributed by atoms with Crippen LogP contribution in [0.1, 0.15) is 21.5 Å². The number of benzene rings is 1. The standard InChI is InChI=1S/C14H13N5O/c1-10-9-12(5-4-11(10)3-2-6-15)13(20)18-14-16-7-8-17-19-14/h4-5,7-9H,6,15H2,1H3,(H,16,18,19,20). The number of rotatable bonds is 2. The van der Waals surface area contributed by atoms with Crippen LogP contribution in [0.15, 0.2) is 30.6 Å². The summed E-state index contributed by atoms with van der Waals surface area (Å²) in [5, 5.41) is 9.90. The third-order valence-electron chi connectivity index (χ3n) is 2.52. The fourth-order valence-electron chi connectivity index (χ4n) is 1.57. The summed E-state index contributed by atoms with van der Waals surface area (Å²) in [5.74, 6) is 5.61. The van der Waals surface area contributed by atoms with Gasteiger partial charge in [0.15, 0.2) is 0 Å². The molecule has 0 saturated carbocycles. The van der Waals surface area contributed by atoms with Crippen molar-refractivity contribution in [3.05, 3.63) is 47.3 Å². The topological polar surface area (TPSA) is 93.8 Å². The molecule has 1 heterocycles. The number of carbonyl (C=O) groups excluding carboxylic acids is 1. The Morgan fingerprint density at radius 2 is 2.25 bits per heavy atom. The molecule has 0 bridgehead atoms. The van der Waals surface area contributed by atoms with E-state index < -0.39 is 0 Å². The van der Waals surface area contributed by atoms with Crippen LogP contribution in [0.4, 0.5) is 5.95 Å². The number of nitrogens with one attached hydrogen (secondary N) is 1. The van der Waals surface area contributed by atoms with Crippen molar-refractivity contribution in [3.8, 4) is 11.8 Å². The van der Waals surface area contributed by atoms with Crippen molar-refractivity contribution in [2.24, 2.45) is 5.73 Å². The quantitative estimate of drug-likeness (QED) is 0.783. The minimum atomic E-state index is -0.292. The van der Waals surface area contributed by atoms with E-state index >= 15 is 0 Å². The highest BCUT2D eigenvalue weighted by molar-refractivity contribution is 6.03. The van der Waals surface area contributed by atoms with Gasteiger partial charge < -0.3 is 5.73 Å². The fourth-order valence-corrected chi connectivity index (χ4v) is 1.57. The Bertz CT molecular complexity index is 673. The molecule has 6 heteroatoms. The lowest BCUT2D eigenvalue weighted by Crippen LogP contribution is -2.14. The van der Waals surface area contributed by atoms with E-state index in [-0.39, 0.29) is 11.9 Å². The maximum Gasteiger partial charge on any atom is 0.258 e. The molecule has 0 radical (unpaired) electrons. The van der Waals surface area contributed by atoms with Crippen LogP contribution in [0.5, 0.6) is 0 Å². The molecule has 6 nitrogen and oxygen atoms in total. The van der Waals surface area contributed by atoms with Crippen LogP contribution >= 0.6 is 0 Å². The normalized spacial score (nSPS) is 9.50. The maximum absolute atomic E-state index is 12.0. The third-order valence-corrected chi connectivity index (χ3v) is 2.52. The third kappa shape index (κ3) is 3.37. The van der Waals surface area contributed by atoms with Gasteiger partial charge in [-0.05, 0) is 30.7 Å². The number of anilines is 1. The van der Waals surface area contributed by atoms with Crippen LogP contribution < -0.4 is 11.1 Å². The number of hydrogen-bond acceptors (Lipinski definition) is 5. The molecule has 0 saturated heterocycles. The molecule has 0 atom stereocenters. The monoisotopic (exact) mass is 267 g/mol. The van der Waals surface area contributed by atoms with Crippen molar-refractivity contribution in [3.63, 3.8) is 0 Å². The summed E-state index contributed by atoms with van der Waals surface area (Å²) in [6.45, 7) is 2.19. The Balaban J connectivity index is 2.17. The van der Waals surface area contributed by atoms with Crippen molar-refractivity contribution >= 4 is 11.9 Å². The molecule has 0 aliphatic heterocycles. The predicted molar refractivity (Wildman–Crippen MR) is 74.9 cm³/mol. The molecule has 0 spiro atoms. The van der Waals surface area contributed by atoms with Crippen molar-refractivity contribution in [2.45, 2.75) is 6.92 Å². The van der Waals surface area contributed by atoms with Crippen LogP contribution in [0, 0.1) is 18.8 Å². The van der Waals surface area contributed by atoms with E-state index in [1.165, 1.54) is 12.4 Å². The molecule has 1 amide bonds. The summed E-state index contributed by atoms with van der Waals surface area (Å²) in [5.41, 5.74) is 7.60. The first-order valence-electron chi connectivity index (χ1n) is 5.95. The van der Waals surface area contributed by atoms with Gasteiger partial charge in [-0.2, -0.15) is 5.10 Å². The molecule has 1 aromatic heterocycles. The highest BCUT2D eigenvalue weighted by Crippen LogP contribution is 2.11. The van der Waals surface area contributed by atoms with Crippen LogP contribution in [0.25, 0.3) is 0 Å². The molecule has 0 aliphatic carbocycles. The van der Waals surface area contributed by atoms with E-state index in [2.05, 4.69) is 32.3 Å². The van der Waals surface area contributed by atoms with Crippen molar-refractivity contribution < 1.29 is 4.79 Å². The van der Waals surface area contributed by atoms with Crippen LogP contribution in [0.3, 0.4) is 0 Å². The highest BCUT2D eigenvalue weighted by Gasteiger charge is 2.08. The van der Waals surface area contributed by atoms with Gasteiger partial charge in [0.2, 0.25) is 5.95 Å². The smallest absolute Gasteiger partial charge is 0.258 e. The van der Waals surface area contributed by atoms with Gasteiger partial charge in [-0.3, -0.25) is 10.1 Å². The SMILES string of the molecule is Cc1cc(C(=O)Nc2nccnn2)ccc1C#CCN. The summed E-state index contributed by atoms with van der Waals surface area (Å²) in [7, 11) is 0. The second-order valence-electron chi connectivity index (χ2n) is 3.96. The van der Waals surface area contributed by atoms with Gasteiger partial charge >= 0.3 is 0 Å². The second kappa shape index (κ2) is 6.41. The molecular formula is C14H13N5O. The lowest BCUT2D eigenvalue weighted by atomic mass is 10.0. The van der Waals surface area contributed by atoms with Gasteiger partial charge in [0.05, 0.1) is 18.9 Å². The lowest BCUT2D eigenvalue weighted by Gasteiger charge is -2.05. The largest absolute Gasteiger partial charge is 0.320 e. The van der Waals surface area contributed by atoms with Gasteiger partial charge in [-0.25, -0.2) is 4.98 Å². The molecule has 100 valence electrons. The number of nitrogens with zero attached hydrogens (tertiary/aromatic N) is 3. The predicted octanol–water partition coefficient (Wildman–Crippen LogP) is 0.743. The van der Waals surface area contributed by atoms with Crippen molar-refractivity contribution in [1.29, 1.82) is 0 Å². The minimum absolute atomic E-state index is 0.169. The molecule has 2 aromatic rings. The van der Waals surface area contributed by atoms with E-state index in [1.54, 1.807) is 18.2 Å². The number of aromatic nitrogens is 3. The Kier molecular flexibility index (Phi) is 4.37. The summed E-state index contributed by atoms with van der Waals surface area (Å²) in [6.07, 6.45) is 2.89. The molecule has 20 heavy (non-hydrogen) atoms. The number of aryl methyl sites for hydroxylation is 1. The first kappa shape index (κ1) is 13.6. The average molecular weight is 267 g/mol. The molecule has 0 unspecified atom stereocenters. The van der Waals surface area contributed by atoms with Gasteiger partial charge in [-0.15, -0.1) is 5.10 Å². The molecule has 0 fully saturated rings. The van der Waals surface area contributed by atoms with E-state index in [0.29, 0.717) is 12.1 Å². The van der Waals surface area contributed by atoms with E-state index in [4.69, 9.17) is 5.73 Å². The minimum Gasteiger partial charge on any atom is -0.320 e. The van der Waals surface area contributed by atoms with Crippen LogP contribution in [0.2, 0.25) is 0 Å². The van der Waals surface area contributed by atoms with E-state index in [9.17, 15) is 4.79 Å². The average Bonchev–Trinajstić information content (AvgIpc) is 2.47. The summed E-state index contributed by atoms with van der Waals surface area (Å²) in [6, 6.07) is 5.24. The first-order valence-corrected chi connectivity index (χ1v) is 5.95. The highest BCUT2D eigenvalue weighted by atomic mass is 16.1. The Morgan fingerprint density at radius 1 is 1.40 bits per heavy atom. The Morgan fingerprint density at radius 3 is 2.90 bits per heavy atom. The zero-order valence-electron chi connectivity index (χ0n) is 10.9. The summed E-state index contributed by atoms with van der Waals surface area (Å²) < 4.78 is 0. The molecule has 2 rings (SSSR count). The van der Waals surface area contributed by atoms with Crippen LogP contribution in [-0.2, 0) is 0 Å². The van der Waals surface area contributed by atoms with Crippen molar-refractivity contribution in [2.75, 3.05) is 11.9 Å². The van der Waals surface area contributed by atoms with Gasteiger partial charge in [-0.1, -0.05) is 11.8 Å². The van der Waals surface area contributed by atoms with Gasteiger partial charge in [0.1, 0.15) is 0 Å². The van der Waals surface area contributed by atoms with E-state index in [0.717, 1.165) is 11.1 Å². The number of nitrogens with two attached hydrogens (primary N) is 1. The maximum atomic E-state index is 12.0. The summed E-state index contributed by atoms with van der Waals surface area (Å²) >= 11 is 0. The fraction of sp³-hybridized carbons (Fsp3) is 0.143. The lowest BCUT2D eigenvalue weighted by molar-refractivity contribution is 0.102. The Hall–Kier alpha value is -2.78. The first-order chi connectivity index (χ1) is 9.70. The van der Waals surface area contributed by atoms with Gasteiger partial charge in [0.25, 0.3) is 5.91 Å². The Labute approximate surface area is 116 Å². The summed E-state index contributed by atoms with van der Waals surface area (Å²) in [4.78, 5) is 15.9. The van der Waals surface area contributed by atoms with Gasteiger partial charge in [0, 0.05) is 11.1 Å². The number of hydrogen-bond donors (Lipinski definition) is 2. The number of amides is 1. The zero-order chi connectivity index (χ0) is 14.4.